The van der Waals surface area contributed by atoms with Crippen molar-refractivity contribution in [2.45, 2.75) is 65.8 Å². The summed E-state index contributed by atoms with van der Waals surface area (Å²) in [5.41, 5.74) is 2.81. The zero-order valence-electron chi connectivity index (χ0n) is 13.8. The fraction of sp³-hybridized carbons (Fsp3) is 0.667. The molecule has 0 saturated carbocycles. The number of halogens is 6. The standard InChI is InChI=1S/C15H26N.F6P/c1-4-5-6-7-8-9-12-16-13-10-11-14(2)15(16)3;1-7(2,3,4,5)6/h10-11,13H,4-9,12H2,1-3H3;/q+1;-1. The van der Waals surface area contributed by atoms with Crippen molar-refractivity contribution in [1.29, 1.82) is 0 Å². The molecule has 0 atom stereocenters. The Morgan fingerprint density at radius 1 is 0.870 bits per heavy atom. The van der Waals surface area contributed by atoms with Crippen LogP contribution in [0.4, 0.5) is 25.2 Å². The molecule has 1 aromatic rings. The molecule has 0 amide bonds. The molecule has 0 bridgehead atoms. The molecule has 1 heterocycles. The Morgan fingerprint density at radius 3 is 1.87 bits per heavy atom. The summed E-state index contributed by atoms with van der Waals surface area (Å²) in [7, 11) is -10.7. The third-order valence-electron chi connectivity index (χ3n) is 3.37. The van der Waals surface area contributed by atoms with Gasteiger partial charge in [-0.2, -0.15) is 0 Å². The van der Waals surface area contributed by atoms with Crippen LogP contribution in [-0.4, -0.2) is 0 Å². The van der Waals surface area contributed by atoms with E-state index < -0.39 is 7.81 Å². The monoisotopic (exact) mass is 365 g/mol. The number of aromatic nitrogens is 1. The van der Waals surface area contributed by atoms with E-state index in [0.717, 1.165) is 0 Å². The van der Waals surface area contributed by atoms with Crippen LogP contribution in [0.5, 0.6) is 0 Å². The van der Waals surface area contributed by atoms with E-state index >= 15 is 0 Å². The van der Waals surface area contributed by atoms with Crippen LogP contribution in [0.2, 0.25) is 0 Å². The molecule has 0 aliphatic rings. The zero-order chi connectivity index (χ0) is 18.2. The quantitative estimate of drug-likeness (QED) is 0.206. The molecule has 0 spiro atoms. The number of hydrogen-bond acceptors (Lipinski definition) is 0. The van der Waals surface area contributed by atoms with Crippen LogP contribution in [0, 0.1) is 13.8 Å². The number of hydrogen-bond donors (Lipinski definition) is 0. The SMILES string of the molecule is CCCCCCCC[n+]1cccc(C)c1C.F[P-](F)(F)(F)(F)F. The molecule has 0 fully saturated rings. The summed E-state index contributed by atoms with van der Waals surface area (Å²) in [5.74, 6) is 0. The van der Waals surface area contributed by atoms with E-state index in [1.165, 1.54) is 56.3 Å². The molecule has 1 nitrogen and oxygen atoms in total. The van der Waals surface area contributed by atoms with E-state index in [4.69, 9.17) is 0 Å². The molecule has 1 rings (SSSR count). The van der Waals surface area contributed by atoms with Gasteiger partial charge in [0.05, 0.1) is 0 Å². The first-order valence-electron chi connectivity index (χ1n) is 7.72. The maximum absolute atomic E-state index is 10.7. The molecule has 8 heteroatoms. The summed E-state index contributed by atoms with van der Waals surface area (Å²) < 4.78 is 61.6. The van der Waals surface area contributed by atoms with Gasteiger partial charge in [-0.05, 0) is 19.4 Å². The van der Waals surface area contributed by atoms with Gasteiger partial charge in [-0.15, -0.1) is 0 Å². The Balaban J connectivity index is 0.000000585. The number of aryl methyl sites for hydroxylation is 2. The molecule has 0 saturated heterocycles. The molecule has 0 aliphatic heterocycles. The van der Waals surface area contributed by atoms with Gasteiger partial charge in [0.25, 0.3) is 0 Å². The minimum atomic E-state index is -10.7. The number of rotatable bonds is 7. The molecule has 0 unspecified atom stereocenters. The second kappa shape index (κ2) is 7.82. The minimum absolute atomic E-state index is 1.18. The topological polar surface area (TPSA) is 3.88 Å². The summed E-state index contributed by atoms with van der Waals surface area (Å²) in [4.78, 5) is 0. The van der Waals surface area contributed by atoms with Crippen LogP contribution in [-0.2, 0) is 6.54 Å². The summed E-state index contributed by atoms with van der Waals surface area (Å²) in [6.07, 6.45) is 10.4. The van der Waals surface area contributed by atoms with Crippen molar-refractivity contribution in [3.8, 4) is 0 Å². The van der Waals surface area contributed by atoms with Crippen molar-refractivity contribution in [2.75, 3.05) is 0 Å². The average Bonchev–Trinajstić information content (AvgIpc) is 2.35. The number of pyridine rings is 1. The second-order valence-electron chi connectivity index (χ2n) is 5.70. The molecule has 138 valence electrons. The molecule has 1 aromatic heterocycles. The van der Waals surface area contributed by atoms with Gasteiger partial charge in [0.15, 0.2) is 11.9 Å². The Kier molecular flexibility index (Phi) is 7.54. The molecular weight excluding hydrogens is 339 g/mol. The first-order valence-corrected chi connectivity index (χ1v) is 9.75. The molecule has 0 aromatic carbocycles. The number of nitrogens with zero attached hydrogens (tertiary/aromatic N) is 1. The van der Waals surface area contributed by atoms with Crippen LogP contribution < -0.4 is 4.57 Å². The predicted molar refractivity (Wildman–Crippen MR) is 83.1 cm³/mol. The van der Waals surface area contributed by atoms with Gasteiger partial charge in [0.2, 0.25) is 0 Å². The van der Waals surface area contributed by atoms with Gasteiger partial charge in [0.1, 0.15) is 6.54 Å². The van der Waals surface area contributed by atoms with Gasteiger partial charge in [-0.3, -0.25) is 0 Å². The summed E-state index contributed by atoms with van der Waals surface area (Å²) in [5, 5.41) is 0. The third kappa shape index (κ3) is 17.3. The fourth-order valence-corrected chi connectivity index (χ4v) is 2.05. The van der Waals surface area contributed by atoms with Crippen molar-refractivity contribution < 1.29 is 29.7 Å². The van der Waals surface area contributed by atoms with Crippen LogP contribution in [0.1, 0.15) is 56.7 Å². The molecular formula is C15H26F6NP. The first kappa shape index (κ1) is 22.2. The number of unbranched alkanes of at least 4 members (excludes halogenated alkanes) is 5. The van der Waals surface area contributed by atoms with E-state index in [1.807, 2.05) is 0 Å². The second-order valence-corrected chi connectivity index (χ2v) is 7.61. The Morgan fingerprint density at radius 2 is 1.35 bits per heavy atom. The Labute approximate surface area is 133 Å². The van der Waals surface area contributed by atoms with Gasteiger partial charge >= 0.3 is 33.0 Å². The van der Waals surface area contributed by atoms with E-state index in [9.17, 15) is 25.2 Å². The zero-order valence-corrected chi connectivity index (χ0v) is 14.7. The van der Waals surface area contributed by atoms with Crippen LogP contribution >= 0.6 is 7.81 Å². The Bertz CT molecular complexity index is 472. The van der Waals surface area contributed by atoms with Crippen molar-refractivity contribution in [3.05, 3.63) is 29.6 Å². The van der Waals surface area contributed by atoms with Crippen LogP contribution in [0.15, 0.2) is 18.3 Å². The molecule has 23 heavy (non-hydrogen) atoms. The van der Waals surface area contributed by atoms with E-state index in [-0.39, 0.29) is 0 Å². The van der Waals surface area contributed by atoms with Crippen LogP contribution in [0.3, 0.4) is 0 Å². The van der Waals surface area contributed by atoms with Gasteiger partial charge in [-0.25, -0.2) is 4.57 Å². The fourth-order valence-electron chi connectivity index (χ4n) is 2.05. The van der Waals surface area contributed by atoms with E-state index in [2.05, 4.69) is 43.7 Å². The molecule has 0 aliphatic carbocycles. The third-order valence-corrected chi connectivity index (χ3v) is 3.37. The van der Waals surface area contributed by atoms with Gasteiger partial charge in [-0.1, -0.05) is 32.6 Å². The molecule has 0 radical (unpaired) electrons. The normalized spacial score (nSPS) is 14.5. The van der Waals surface area contributed by atoms with E-state index in [1.54, 1.807) is 0 Å². The van der Waals surface area contributed by atoms with Crippen molar-refractivity contribution in [1.82, 2.24) is 0 Å². The molecule has 0 N–H and O–H groups in total. The average molecular weight is 365 g/mol. The predicted octanol–water partition coefficient (Wildman–Crippen LogP) is 7.33. The van der Waals surface area contributed by atoms with E-state index in [0.29, 0.717) is 0 Å². The van der Waals surface area contributed by atoms with Crippen molar-refractivity contribution >= 4 is 7.81 Å². The Hall–Kier alpha value is -0.840. The summed E-state index contributed by atoms with van der Waals surface area (Å²) >= 11 is 0. The van der Waals surface area contributed by atoms with Crippen molar-refractivity contribution in [2.24, 2.45) is 0 Å². The van der Waals surface area contributed by atoms with Gasteiger partial charge < -0.3 is 0 Å². The summed E-state index contributed by atoms with van der Waals surface area (Å²) in [6.45, 7) is 7.85. The maximum atomic E-state index is 9.87. The van der Waals surface area contributed by atoms with Crippen molar-refractivity contribution in [3.63, 3.8) is 0 Å². The van der Waals surface area contributed by atoms with Crippen LogP contribution in [0.25, 0.3) is 0 Å². The first-order chi connectivity index (χ1) is 10.2. The van der Waals surface area contributed by atoms with Gasteiger partial charge in [0, 0.05) is 25.0 Å². The summed E-state index contributed by atoms with van der Waals surface area (Å²) in [6, 6.07) is 4.34.